The van der Waals surface area contributed by atoms with Gasteiger partial charge in [-0.2, -0.15) is 12.6 Å². The number of hydrogen-bond donors (Lipinski definition) is 4. The molecule has 1 saturated carbocycles. The molecule has 34 heavy (non-hydrogen) atoms. The molecule has 0 radical (unpaired) electrons. The van der Waals surface area contributed by atoms with Crippen molar-refractivity contribution in [1.29, 1.82) is 0 Å². The van der Waals surface area contributed by atoms with Crippen molar-refractivity contribution in [3.05, 3.63) is 29.8 Å². The number of alkyl carbamates (subject to hydrolysis) is 1. The molecule has 2 unspecified atom stereocenters. The third kappa shape index (κ3) is 7.54. The van der Waals surface area contributed by atoms with Crippen LogP contribution in [0.2, 0.25) is 0 Å². The molecule has 188 valence electrons. The SMILES string of the molecule is COC(=O)CNC(=O)C(c1ccc(O)cc1)N(C(=O)C(CS)NC(=O)OC(C)(C)C)C1CCC1. The van der Waals surface area contributed by atoms with Crippen LogP contribution in [0, 0.1) is 0 Å². The van der Waals surface area contributed by atoms with Gasteiger partial charge in [-0.1, -0.05) is 12.1 Å². The van der Waals surface area contributed by atoms with E-state index in [1.165, 1.54) is 36.3 Å². The fraction of sp³-hybridized carbons (Fsp3) is 0.565. The van der Waals surface area contributed by atoms with Gasteiger partial charge in [0, 0.05) is 11.8 Å². The number of ether oxygens (including phenoxy) is 2. The number of phenolic OH excluding ortho intramolecular Hbond substituents is 1. The van der Waals surface area contributed by atoms with Gasteiger partial charge in [-0.05, 0) is 57.7 Å². The van der Waals surface area contributed by atoms with Crippen LogP contribution in [-0.2, 0) is 23.9 Å². The molecule has 1 aromatic rings. The predicted molar refractivity (Wildman–Crippen MR) is 127 cm³/mol. The Hall–Kier alpha value is -2.95. The summed E-state index contributed by atoms with van der Waals surface area (Å²) in [4.78, 5) is 52.3. The zero-order valence-electron chi connectivity index (χ0n) is 19.9. The molecule has 1 aliphatic carbocycles. The molecule has 0 aliphatic heterocycles. The maximum Gasteiger partial charge on any atom is 0.408 e. The topological polar surface area (TPSA) is 134 Å². The number of carbonyl (C=O) groups excluding carboxylic acids is 4. The molecular weight excluding hydrogens is 462 g/mol. The van der Waals surface area contributed by atoms with E-state index in [2.05, 4.69) is 28.0 Å². The van der Waals surface area contributed by atoms with Crippen molar-refractivity contribution in [3.63, 3.8) is 0 Å². The molecule has 3 amide bonds. The van der Waals surface area contributed by atoms with Crippen LogP contribution in [0.15, 0.2) is 24.3 Å². The minimum absolute atomic E-state index is 0.00110. The molecular formula is C23H33N3O7S. The standard InChI is InChI=1S/C23H33N3O7S/c1-23(2,3)33-22(31)25-17(13-34)21(30)26(15-6-5-7-15)19(14-8-10-16(27)11-9-14)20(29)24-12-18(28)32-4/h8-11,15,17,19,27,34H,5-7,12-13H2,1-4H3,(H,24,29)(H,25,31). The number of hydrogen-bond acceptors (Lipinski definition) is 8. The molecule has 0 aromatic heterocycles. The van der Waals surface area contributed by atoms with Crippen LogP contribution in [0.1, 0.15) is 51.6 Å². The zero-order valence-corrected chi connectivity index (χ0v) is 20.8. The summed E-state index contributed by atoms with van der Waals surface area (Å²) in [6.07, 6.45) is 1.46. The van der Waals surface area contributed by atoms with Crippen molar-refractivity contribution in [1.82, 2.24) is 15.5 Å². The van der Waals surface area contributed by atoms with E-state index in [1.54, 1.807) is 20.8 Å². The smallest absolute Gasteiger partial charge is 0.408 e. The molecule has 0 spiro atoms. The Morgan fingerprint density at radius 3 is 2.26 bits per heavy atom. The number of aromatic hydroxyl groups is 1. The molecule has 10 nitrogen and oxygen atoms in total. The fourth-order valence-electron chi connectivity index (χ4n) is 3.42. The van der Waals surface area contributed by atoms with Crippen LogP contribution < -0.4 is 10.6 Å². The van der Waals surface area contributed by atoms with Crippen molar-refractivity contribution in [2.45, 2.75) is 63.8 Å². The van der Waals surface area contributed by atoms with Gasteiger partial charge in [0.25, 0.3) is 0 Å². The maximum atomic E-state index is 13.7. The van der Waals surface area contributed by atoms with Crippen LogP contribution in [-0.4, -0.2) is 71.0 Å². The highest BCUT2D eigenvalue weighted by Gasteiger charge is 2.41. The predicted octanol–water partition coefficient (Wildman–Crippen LogP) is 1.93. The number of methoxy groups -OCH3 is 1. The number of benzene rings is 1. The van der Waals surface area contributed by atoms with Crippen LogP contribution >= 0.6 is 12.6 Å². The molecule has 0 saturated heterocycles. The minimum atomic E-state index is -1.11. The molecule has 3 N–H and O–H groups in total. The van der Waals surface area contributed by atoms with Crippen molar-refractivity contribution < 1.29 is 33.8 Å². The largest absolute Gasteiger partial charge is 0.508 e. The number of phenols is 1. The first kappa shape index (κ1) is 27.3. The summed E-state index contributed by atoms with van der Waals surface area (Å²) in [5, 5.41) is 14.8. The number of thiol groups is 1. The first-order valence-corrected chi connectivity index (χ1v) is 11.7. The van der Waals surface area contributed by atoms with Crippen molar-refractivity contribution >= 4 is 36.5 Å². The van der Waals surface area contributed by atoms with Crippen molar-refractivity contribution in [2.75, 3.05) is 19.4 Å². The lowest BCUT2D eigenvalue weighted by Crippen LogP contribution is -2.58. The van der Waals surface area contributed by atoms with Gasteiger partial charge in [0.05, 0.1) is 7.11 Å². The number of carbonyl (C=O) groups is 4. The van der Waals surface area contributed by atoms with E-state index < -0.39 is 41.6 Å². The second-order valence-corrected chi connectivity index (χ2v) is 9.36. The fourth-order valence-corrected chi connectivity index (χ4v) is 3.67. The Morgan fingerprint density at radius 2 is 1.79 bits per heavy atom. The molecule has 1 aromatic carbocycles. The Bertz CT molecular complexity index is 882. The lowest BCUT2D eigenvalue weighted by Gasteiger charge is -2.43. The quantitative estimate of drug-likeness (QED) is 0.304. The summed E-state index contributed by atoms with van der Waals surface area (Å²) >= 11 is 4.24. The van der Waals surface area contributed by atoms with Crippen LogP contribution in [0.5, 0.6) is 5.75 Å². The molecule has 11 heteroatoms. The van der Waals surface area contributed by atoms with E-state index in [1.807, 2.05) is 0 Å². The monoisotopic (exact) mass is 495 g/mol. The Morgan fingerprint density at radius 1 is 1.18 bits per heavy atom. The summed E-state index contributed by atoms with van der Waals surface area (Å²) in [5.41, 5.74) is -0.319. The summed E-state index contributed by atoms with van der Waals surface area (Å²) in [6.45, 7) is 4.74. The second kappa shape index (κ2) is 12.0. The summed E-state index contributed by atoms with van der Waals surface area (Å²) in [6, 6.07) is 3.49. The molecule has 2 atom stereocenters. The normalized spacial score (nSPS) is 15.3. The first-order valence-electron chi connectivity index (χ1n) is 11.0. The van der Waals surface area contributed by atoms with E-state index in [0.29, 0.717) is 18.4 Å². The van der Waals surface area contributed by atoms with Gasteiger partial charge in [-0.15, -0.1) is 0 Å². The van der Waals surface area contributed by atoms with Gasteiger partial charge in [-0.3, -0.25) is 14.4 Å². The number of nitrogens with zero attached hydrogens (tertiary/aromatic N) is 1. The highest BCUT2D eigenvalue weighted by atomic mass is 32.1. The van der Waals surface area contributed by atoms with E-state index in [0.717, 1.165) is 6.42 Å². The Kier molecular flexibility index (Phi) is 9.60. The number of amides is 3. The molecule has 1 fully saturated rings. The van der Waals surface area contributed by atoms with Crippen LogP contribution in [0.4, 0.5) is 4.79 Å². The average Bonchev–Trinajstić information content (AvgIpc) is 2.73. The average molecular weight is 496 g/mol. The lowest BCUT2D eigenvalue weighted by atomic mass is 9.88. The number of nitrogens with one attached hydrogen (secondary N) is 2. The van der Waals surface area contributed by atoms with Crippen LogP contribution in [0.3, 0.4) is 0 Å². The van der Waals surface area contributed by atoms with E-state index in [-0.39, 0.29) is 24.1 Å². The van der Waals surface area contributed by atoms with Crippen molar-refractivity contribution in [3.8, 4) is 5.75 Å². The highest BCUT2D eigenvalue weighted by molar-refractivity contribution is 7.80. The molecule has 2 rings (SSSR count). The summed E-state index contributed by atoms with van der Waals surface area (Å²) < 4.78 is 9.86. The minimum Gasteiger partial charge on any atom is -0.508 e. The third-order valence-electron chi connectivity index (χ3n) is 5.26. The number of rotatable bonds is 9. The molecule has 1 aliphatic rings. The highest BCUT2D eigenvalue weighted by Crippen LogP contribution is 2.34. The van der Waals surface area contributed by atoms with E-state index >= 15 is 0 Å². The second-order valence-electron chi connectivity index (χ2n) is 9.00. The van der Waals surface area contributed by atoms with E-state index in [9.17, 15) is 24.3 Å². The van der Waals surface area contributed by atoms with Gasteiger partial charge in [-0.25, -0.2) is 4.79 Å². The Balaban J connectivity index is 2.39. The van der Waals surface area contributed by atoms with Crippen molar-refractivity contribution in [2.24, 2.45) is 0 Å². The zero-order chi connectivity index (χ0) is 25.5. The Labute approximate surface area is 204 Å². The number of esters is 1. The van der Waals surface area contributed by atoms with E-state index in [4.69, 9.17) is 4.74 Å². The van der Waals surface area contributed by atoms with Gasteiger partial charge < -0.3 is 30.1 Å². The molecule has 0 bridgehead atoms. The van der Waals surface area contributed by atoms with Gasteiger partial charge >= 0.3 is 12.1 Å². The van der Waals surface area contributed by atoms with Gasteiger partial charge in [0.15, 0.2) is 0 Å². The summed E-state index contributed by atoms with van der Waals surface area (Å²) in [5.74, 6) is -1.76. The molecule has 0 heterocycles. The van der Waals surface area contributed by atoms with Gasteiger partial charge in [0.2, 0.25) is 11.8 Å². The lowest BCUT2D eigenvalue weighted by molar-refractivity contribution is -0.148. The third-order valence-corrected chi connectivity index (χ3v) is 5.63. The first-order chi connectivity index (χ1) is 16.0. The summed E-state index contributed by atoms with van der Waals surface area (Å²) in [7, 11) is 1.20. The maximum absolute atomic E-state index is 13.7. The van der Waals surface area contributed by atoms with Crippen LogP contribution in [0.25, 0.3) is 0 Å². The van der Waals surface area contributed by atoms with Gasteiger partial charge in [0.1, 0.15) is 30.0 Å².